The molecule has 8 heteroatoms. The summed E-state index contributed by atoms with van der Waals surface area (Å²) in [7, 11) is 1.97. The van der Waals surface area contributed by atoms with E-state index >= 15 is 0 Å². The van der Waals surface area contributed by atoms with Crippen molar-refractivity contribution in [3.63, 3.8) is 0 Å². The van der Waals surface area contributed by atoms with E-state index in [-0.39, 0.29) is 11.9 Å². The number of aromatic nitrogens is 2. The van der Waals surface area contributed by atoms with E-state index in [1.807, 2.05) is 48.3 Å². The summed E-state index contributed by atoms with van der Waals surface area (Å²) in [5.74, 6) is 0.168. The molecule has 0 aliphatic heterocycles. The van der Waals surface area contributed by atoms with Crippen molar-refractivity contribution in [3.8, 4) is 0 Å². The van der Waals surface area contributed by atoms with Crippen molar-refractivity contribution in [2.75, 3.05) is 25.5 Å². The normalized spacial score (nSPS) is 11.2. The zero-order valence-corrected chi connectivity index (χ0v) is 18.3. The highest BCUT2D eigenvalue weighted by atomic mass is 35.5. The number of urea groups is 1. The minimum absolute atomic E-state index is 0.182. The molecule has 0 spiro atoms. The highest BCUT2D eigenvalue weighted by Gasteiger charge is 2.22. The second-order valence-corrected chi connectivity index (χ2v) is 7.86. The molecular formula is C23H25ClN5O2+. The molecule has 0 atom stereocenters. The largest absolute Gasteiger partial charge is 0.354 e. The van der Waals surface area contributed by atoms with Crippen LogP contribution in [0.15, 0.2) is 42.7 Å². The summed E-state index contributed by atoms with van der Waals surface area (Å²) < 4.78 is 1.99. The van der Waals surface area contributed by atoms with Crippen LogP contribution >= 0.6 is 11.6 Å². The lowest BCUT2D eigenvalue weighted by molar-refractivity contribution is -0.670. The van der Waals surface area contributed by atoms with Gasteiger partial charge >= 0.3 is 6.03 Å². The molecule has 4 rings (SSSR count). The molecule has 0 saturated carbocycles. The lowest BCUT2D eigenvalue weighted by Crippen LogP contribution is -2.41. The fourth-order valence-electron chi connectivity index (χ4n) is 4.00. The molecule has 0 saturated heterocycles. The minimum atomic E-state index is -0.304. The average Bonchev–Trinajstić information content (AvgIpc) is 3.15. The molecular weight excluding hydrogens is 414 g/mol. The van der Waals surface area contributed by atoms with Crippen molar-refractivity contribution in [3.05, 3.63) is 53.9 Å². The third kappa shape index (κ3) is 4.01. The molecule has 0 fully saturated rings. The second kappa shape index (κ2) is 8.81. The summed E-state index contributed by atoms with van der Waals surface area (Å²) in [6.07, 6.45) is 3.99. The van der Waals surface area contributed by atoms with E-state index < -0.39 is 0 Å². The van der Waals surface area contributed by atoms with Crippen LogP contribution < -0.4 is 20.5 Å². The van der Waals surface area contributed by atoms with Crippen molar-refractivity contribution in [2.45, 2.75) is 6.92 Å². The number of hydrogen-bond donors (Lipinski definition) is 4. The van der Waals surface area contributed by atoms with E-state index in [1.54, 1.807) is 0 Å². The lowest BCUT2D eigenvalue weighted by atomic mass is 9.95. The Bertz CT molecular complexity index is 1300. The van der Waals surface area contributed by atoms with Gasteiger partial charge in [-0.3, -0.25) is 4.79 Å². The predicted octanol–water partition coefficient (Wildman–Crippen LogP) is 2.88. The van der Waals surface area contributed by atoms with Gasteiger partial charge in [0.1, 0.15) is 7.05 Å². The number of carbonyl (C=O) groups excluding carboxylic acids is 2. The summed E-state index contributed by atoms with van der Waals surface area (Å²) >= 11 is 5.56. The molecule has 160 valence electrons. The maximum absolute atomic E-state index is 13.3. The van der Waals surface area contributed by atoms with Crippen LogP contribution in [0.25, 0.3) is 32.6 Å². The number of benzene rings is 2. The fourth-order valence-corrected chi connectivity index (χ4v) is 4.10. The Morgan fingerprint density at radius 1 is 1.00 bits per heavy atom. The minimum Gasteiger partial charge on any atom is -0.354 e. The molecule has 4 N–H and O–H groups in total. The molecule has 0 bridgehead atoms. The molecule has 0 unspecified atom stereocenters. The molecule has 4 aromatic rings. The van der Waals surface area contributed by atoms with Gasteiger partial charge in [-0.25, -0.2) is 9.36 Å². The van der Waals surface area contributed by atoms with Crippen LogP contribution in [0.1, 0.15) is 15.9 Å². The number of halogens is 1. The monoisotopic (exact) mass is 438 g/mol. The Morgan fingerprint density at radius 2 is 1.74 bits per heavy atom. The summed E-state index contributed by atoms with van der Waals surface area (Å²) in [6.45, 7) is 3.11. The van der Waals surface area contributed by atoms with E-state index in [1.165, 1.54) is 0 Å². The number of amides is 3. The molecule has 3 amide bonds. The number of pyridine rings is 1. The van der Waals surface area contributed by atoms with Crippen molar-refractivity contribution in [1.29, 1.82) is 0 Å². The number of nitrogens with zero attached hydrogens (tertiary/aromatic N) is 1. The van der Waals surface area contributed by atoms with E-state index in [0.29, 0.717) is 31.1 Å². The number of H-pyrrole nitrogens is 1. The number of aromatic amines is 1. The van der Waals surface area contributed by atoms with Crippen LogP contribution in [0.2, 0.25) is 0 Å². The maximum atomic E-state index is 13.3. The first-order valence-electron chi connectivity index (χ1n) is 10.2. The van der Waals surface area contributed by atoms with Gasteiger partial charge in [0, 0.05) is 53.3 Å². The van der Waals surface area contributed by atoms with Gasteiger partial charge in [-0.15, -0.1) is 11.6 Å². The predicted molar refractivity (Wildman–Crippen MR) is 124 cm³/mol. The maximum Gasteiger partial charge on any atom is 0.314 e. The number of rotatable bonds is 6. The van der Waals surface area contributed by atoms with Gasteiger partial charge in [0.2, 0.25) is 0 Å². The van der Waals surface area contributed by atoms with Crippen LogP contribution in [-0.2, 0) is 7.05 Å². The number of aryl methyl sites for hydroxylation is 2. The number of alkyl halides is 1. The van der Waals surface area contributed by atoms with Gasteiger partial charge in [0.05, 0.1) is 16.5 Å². The standard InChI is InChI=1S/C23H24ClN5O2/c1-14-17-13-29(2)12-7-15(17)20(21-19(14)16-5-3-4-6-18(16)28-21)22(30)25-10-11-27-23(31)26-9-8-24/h3-7,12-13H,8-11H2,1-2H3,(H3,25,26,27,30,31)/p+1. The van der Waals surface area contributed by atoms with E-state index in [4.69, 9.17) is 11.6 Å². The zero-order valence-electron chi connectivity index (χ0n) is 17.5. The van der Waals surface area contributed by atoms with Gasteiger partial charge in [-0.2, -0.15) is 0 Å². The van der Waals surface area contributed by atoms with Crippen LogP contribution in [0.3, 0.4) is 0 Å². The van der Waals surface area contributed by atoms with Gasteiger partial charge in [-0.05, 0) is 18.6 Å². The Labute approximate surface area is 184 Å². The Balaban J connectivity index is 1.71. The average molecular weight is 439 g/mol. The number of hydrogen-bond acceptors (Lipinski definition) is 2. The summed E-state index contributed by atoms with van der Waals surface area (Å²) in [4.78, 5) is 28.4. The number of carbonyl (C=O) groups is 2. The first-order chi connectivity index (χ1) is 15.0. The molecule has 2 aromatic heterocycles. The first-order valence-corrected chi connectivity index (χ1v) is 10.7. The van der Waals surface area contributed by atoms with Gasteiger partial charge < -0.3 is 20.9 Å². The Morgan fingerprint density at radius 3 is 2.55 bits per heavy atom. The van der Waals surface area contributed by atoms with Crippen molar-refractivity contribution >= 4 is 56.1 Å². The first kappa shape index (κ1) is 20.9. The topological polar surface area (TPSA) is 89.9 Å². The SMILES string of the molecule is Cc1c2c[n+](C)ccc2c(C(=O)NCCNC(=O)NCCCl)c2[nH]c3ccccc3c12. The lowest BCUT2D eigenvalue weighted by Gasteiger charge is -2.12. The van der Waals surface area contributed by atoms with E-state index in [0.717, 1.165) is 38.1 Å². The quantitative estimate of drug-likeness (QED) is 0.212. The van der Waals surface area contributed by atoms with Crippen molar-refractivity contribution in [1.82, 2.24) is 20.9 Å². The zero-order chi connectivity index (χ0) is 22.0. The van der Waals surface area contributed by atoms with Crippen LogP contribution in [0.4, 0.5) is 4.79 Å². The third-order valence-corrected chi connectivity index (χ3v) is 5.60. The highest BCUT2D eigenvalue weighted by molar-refractivity contribution is 6.24. The van der Waals surface area contributed by atoms with Crippen LogP contribution in [-0.4, -0.2) is 42.4 Å². The van der Waals surface area contributed by atoms with Gasteiger partial charge in [0.15, 0.2) is 12.4 Å². The second-order valence-electron chi connectivity index (χ2n) is 7.49. The molecule has 0 aliphatic rings. The smallest absolute Gasteiger partial charge is 0.314 e. The number of para-hydroxylation sites is 1. The molecule has 2 aromatic carbocycles. The van der Waals surface area contributed by atoms with E-state index in [2.05, 4.69) is 33.9 Å². The Kier molecular flexibility index (Phi) is 5.95. The van der Waals surface area contributed by atoms with Crippen molar-refractivity contribution in [2.24, 2.45) is 7.05 Å². The van der Waals surface area contributed by atoms with E-state index in [9.17, 15) is 9.59 Å². The molecule has 0 aliphatic carbocycles. The fraction of sp³-hybridized carbons (Fsp3) is 0.261. The van der Waals surface area contributed by atoms with Gasteiger partial charge in [-0.1, -0.05) is 18.2 Å². The third-order valence-electron chi connectivity index (χ3n) is 5.41. The molecule has 7 nitrogen and oxygen atoms in total. The Hall–Kier alpha value is -3.32. The molecule has 31 heavy (non-hydrogen) atoms. The summed E-state index contributed by atoms with van der Waals surface area (Å²) in [5.41, 5.74) is 3.56. The highest BCUT2D eigenvalue weighted by Crippen LogP contribution is 2.36. The van der Waals surface area contributed by atoms with Crippen molar-refractivity contribution < 1.29 is 14.2 Å². The van der Waals surface area contributed by atoms with Crippen LogP contribution in [0, 0.1) is 6.92 Å². The summed E-state index contributed by atoms with van der Waals surface area (Å²) in [5, 5.41) is 12.3. The summed E-state index contributed by atoms with van der Waals surface area (Å²) in [6, 6.07) is 9.74. The molecule has 2 heterocycles. The number of nitrogens with one attached hydrogen (secondary N) is 4. The number of fused-ring (bicyclic) bond motifs is 4. The molecule has 0 radical (unpaired) electrons. The van der Waals surface area contributed by atoms with Gasteiger partial charge in [0.25, 0.3) is 5.91 Å². The van der Waals surface area contributed by atoms with Crippen LogP contribution in [0.5, 0.6) is 0 Å².